The van der Waals surface area contributed by atoms with Gasteiger partial charge in [0.15, 0.2) is 12.2 Å². The fourth-order valence-corrected chi connectivity index (χ4v) is 3.10. The Morgan fingerprint density at radius 3 is 2.80 bits per heavy atom. The van der Waals surface area contributed by atoms with Crippen molar-refractivity contribution >= 4 is 17.1 Å². The Labute approximate surface area is 145 Å². The predicted molar refractivity (Wildman–Crippen MR) is 94.3 cm³/mol. The zero-order valence-electron chi connectivity index (χ0n) is 14.6. The van der Waals surface area contributed by atoms with E-state index < -0.39 is 6.09 Å². The van der Waals surface area contributed by atoms with Crippen LogP contribution in [0.3, 0.4) is 0 Å². The molecule has 1 unspecified atom stereocenters. The highest BCUT2D eigenvalue weighted by Gasteiger charge is 2.23. The fourth-order valence-electron chi connectivity index (χ4n) is 3.10. The molecule has 0 spiro atoms. The van der Waals surface area contributed by atoms with Gasteiger partial charge in [0.25, 0.3) is 0 Å². The van der Waals surface area contributed by atoms with Crippen molar-refractivity contribution < 1.29 is 14.3 Å². The molecule has 0 aliphatic heterocycles. The van der Waals surface area contributed by atoms with Crippen molar-refractivity contribution in [1.29, 1.82) is 0 Å². The van der Waals surface area contributed by atoms with E-state index in [4.69, 9.17) is 9.40 Å². The smallest absolute Gasteiger partial charge is 0.405 e. The number of nitrogens with one attached hydrogen (secondary N) is 1. The number of benzene rings is 1. The van der Waals surface area contributed by atoms with Gasteiger partial charge in [0.05, 0.1) is 23.3 Å². The quantitative estimate of drug-likeness (QED) is 0.704. The van der Waals surface area contributed by atoms with Gasteiger partial charge in [0, 0.05) is 12.1 Å². The van der Waals surface area contributed by atoms with Gasteiger partial charge in [-0.05, 0) is 37.5 Å². The number of hydrogen-bond donors (Lipinski definition) is 2. The number of rotatable bonds is 6. The second-order valence-corrected chi connectivity index (χ2v) is 6.42. The maximum Gasteiger partial charge on any atom is 0.405 e. The Hall–Kier alpha value is -2.83. The summed E-state index contributed by atoms with van der Waals surface area (Å²) in [6.45, 7) is 6.86. The van der Waals surface area contributed by atoms with Crippen LogP contribution in [0.2, 0.25) is 0 Å². The first-order valence-electron chi connectivity index (χ1n) is 8.38. The lowest BCUT2D eigenvalue weighted by Gasteiger charge is -2.19. The van der Waals surface area contributed by atoms with Gasteiger partial charge in [0.1, 0.15) is 5.82 Å². The molecule has 25 heavy (non-hydrogen) atoms. The van der Waals surface area contributed by atoms with Crippen molar-refractivity contribution in [2.24, 2.45) is 5.92 Å². The molecule has 0 bridgehead atoms. The molecule has 2 aromatic heterocycles. The monoisotopic (exact) mass is 342 g/mol. The zero-order valence-corrected chi connectivity index (χ0v) is 14.6. The van der Waals surface area contributed by atoms with E-state index in [1.807, 2.05) is 25.1 Å². The lowest BCUT2D eigenvalue weighted by atomic mass is 10.0. The minimum Gasteiger partial charge on any atom is -0.465 e. The number of aromatic nitrogens is 3. The first-order chi connectivity index (χ1) is 12.0. The van der Waals surface area contributed by atoms with Gasteiger partial charge in [-0.3, -0.25) is 0 Å². The third kappa shape index (κ3) is 3.50. The van der Waals surface area contributed by atoms with Crippen LogP contribution in [-0.4, -0.2) is 25.7 Å². The molecule has 1 amide bonds. The van der Waals surface area contributed by atoms with E-state index in [1.54, 1.807) is 6.20 Å². The van der Waals surface area contributed by atoms with Gasteiger partial charge in [-0.25, -0.2) is 14.8 Å². The summed E-state index contributed by atoms with van der Waals surface area (Å²) in [5, 5.41) is 11.8. The third-order valence-electron chi connectivity index (χ3n) is 4.13. The summed E-state index contributed by atoms with van der Waals surface area (Å²) < 4.78 is 7.42. The number of oxazole rings is 1. The molecule has 0 aliphatic rings. The van der Waals surface area contributed by atoms with E-state index in [0.717, 1.165) is 22.4 Å². The average Bonchev–Trinajstić information content (AvgIpc) is 3.20. The Morgan fingerprint density at radius 2 is 2.20 bits per heavy atom. The Bertz CT molecular complexity index is 868. The van der Waals surface area contributed by atoms with Gasteiger partial charge in [-0.1, -0.05) is 13.8 Å². The summed E-state index contributed by atoms with van der Waals surface area (Å²) in [7, 11) is 0. The second-order valence-electron chi connectivity index (χ2n) is 6.42. The normalized spacial score (nSPS) is 12.6. The minimum absolute atomic E-state index is 0.340. The first-order valence-corrected chi connectivity index (χ1v) is 8.38. The van der Waals surface area contributed by atoms with E-state index in [9.17, 15) is 9.90 Å². The fraction of sp³-hybridized carbons (Fsp3) is 0.389. The highest BCUT2D eigenvalue weighted by molar-refractivity contribution is 5.81. The highest BCUT2D eigenvalue weighted by Crippen LogP contribution is 2.29. The molecular weight excluding hydrogens is 320 g/mol. The lowest BCUT2D eigenvalue weighted by molar-refractivity contribution is 0.187. The maximum absolute atomic E-state index is 11.2. The van der Waals surface area contributed by atoms with Crippen LogP contribution in [-0.2, 0) is 6.54 Å². The van der Waals surface area contributed by atoms with Crippen molar-refractivity contribution in [3.8, 4) is 11.3 Å². The number of nitrogens with zero attached hydrogens (tertiary/aromatic N) is 3. The molecular formula is C18H22N4O3. The first kappa shape index (κ1) is 17.0. The molecule has 7 heteroatoms. The van der Waals surface area contributed by atoms with Crippen LogP contribution in [0.15, 0.2) is 35.2 Å². The molecule has 2 N–H and O–H groups in total. The highest BCUT2D eigenvalue weighted by atomic mass is 16.4. The van der Waals surface area contributed by atoms with Gasteiger partial charge in [-0.2, -0.15) is 0 Å². The number of hydrogen-bond acceptors (Lipinski definition) is 4. The number of aryl methyl sites for hydroxylation is 1. The number of amides is 1. The van der Waals surface area contributed by atoms with Crippen LogP contribution < -0.4 is 5.32 Å². The van der Waals surface area contributed by atoms with Crippen molar-refractivity contribution in [1.82, 2.24) is 19.9 Å². The molecule has 1 atom stereocenters. The molecule has 1 aromatic carbocycles. The predicted octanol–water partition coefficient (Wildman–Crippen LogP) is 4.07. The van der Waals surface area contributed by atoms with Crippen molar-refractivity contribution in [2.75, 3.05) is 0 Å². The standard InChI is InChI=1S/C18H22N4O3/c1-4-22-15-8-12(16-9-19-10-25-16)5-6-13(15)20-17(22)14(7-11(2)3)21-18(23)24/h5-6,8-11,14,21H,4,7H2,1-3H3,(H,23,24). The minimum atomic E-state index is -1.04. The molecule has 3 aromatic rings. The van der Waals surface area contributed by atoms with E-state index in [-0.39, 0.29) is 6.04 Å². The van der Waals surface area contributed by atoms with E-state index in [0.29, 0.717) is 24.6 Å². The van der Waals surface area contributed by atoms with Crippen molar-refractivity contribution in [3.05, 3.63) is 36.6 Å². The van der Waals surface area contributed by atoms with Crippen LogP contribution in [0.1, 0.15) is 39.1 Å². The molecule has 0 saturated carbocycles. The second kappa shape index (κ2) is 6.96. The number of carbonyl (C=O) groups is 1. The van der Waals surface area contributed by atoms with Gasteiger partial charge in [-0.15, -0.1) is 0 Å². The largest absolute Gasteiger partial charge is 0.465 e. The van der Waals surface area contributed by atoms with Crippen LogP contribution in [0, 0.1) is 5.92 Å². The molecule has 0 fully saturated rings. The Morgan fingerprint density at radius 1 is 1.40 bits per heavy atom. The zero-order chi connectivity index (χ0) is 18.0. The van der Waals surface area contributed by atoms with Gasteiger partial charge < -0.3 is 19.4 Å². The summed E-state index contributed by atoms with van der Waals surface area (Å²) in [5.74, 6) is 1.77. The molecule has 3 rings (SSSR count). The summed E-state index contributed by atoms with van der Waals surface area (Å²) in [6, 6.07) is 5.51. The lowest BCUT2D eigenvalue weighted by Crippen LogP contribution is -2.30. The van der Waals surface area contributed by atoms with Gasteiger partial charge >= 0.3 is 6.09 Å². The summed E-state index contributed by atoms with van der Waals surface area (Å²) in [6.07, 6.45) is 2.72. The number of imidazole rings is 1. The average molecular weight is 342 g/mol. The van der Waals surface area contributed by atoms with Crippen LogP contribution >= 0.6 is 0 Å². The van der Waals surface area contributed by atoms with Crippen LogP contribution in [0.5, 0.6) is 0 Å². The summed E-state index contributed by atoms with van der Waals surface area (Å²) in [4.78, 5) is 19.9. The van der Waals surface area contributed by atoms with Crippen LogP contribution in [0.25, 0.3) is 22.4 Å². The topological polar surface area (TPSA) is 93.2 Å². The maximum atomic E-state index is 11.2. The third-order valence-corrected chi connectivity index (χ3v) is 4.13. The summed E-state index contributed by atoms with van der Waals surface area (Å²) >= 11 is 0. The summed E-state index contributed by atoms with van der Waals surface area (Å²) in [5.41, 5.74) is 2.70. The molecule has 132 valence electrons. The van der Waals surface area contributed by atoms with E-state index in [2.05, 4.69) is 28.7 Å². The molecule has 0 saturated heterocycles. The Kier molecular flexibility index (Phi) is 4.74. The molecule has 7 nitrogen and oxygen atoms in total. The van der Waals surface area contributed by atoms with Crippen LogP contribution in [0.4, 0.5) is 4.79 Å². The van der Waals surface area contributed by atoms with Crippen molar-refractivity contribution in [2.45, 2.75) is 39.8 Å². The van der Waals surface area contributed by atoms with E-state index >= 15 is 0 Å². The Balaban J connectivity index is 2.09. The van der Waals surface area contributed by atoms with Crippen molar-refractivity contribution in [3.63, 3.8) is 0 Å². The SMILES string of the molecule is CCn1c(C(CC(C)C)NC(=O)O)nc2ccc(-c3cnco3)cc21. The van der Waals surface area contributed by atoms with E-state index in [1.165, 1.54) is 6.39 Å². The molecule has 0 aliphatic carbocycles. The van der Waals surface area contributed by atoms with Gasteiger partial charge in [0.2, 0.25) is 0 Å². The molecule has 0 radical (unpaired) electrons. The number of carboxylic acid groups (broad SMARTS) is 1. The molecule has 2 heterocycles. The number of fused-ring (bicyclic) bond motifs is 1.